The van der Waals surface area contributed by atoms with Gasteiger partial charge in [-0.15, -0.1) is 24.4 Å². The van der Waals surface area contributed by atoms with Crippen LogP contribution in [0.1, 0.15) is 5.56 Å². The lowest BCUT2D eigenvalue weighted by Gasteiger charge is -2.01. The second-order valence-corrected chi connectivity index (χ2v) is 4.70. The summed E-state index contributed by atoms with van der Waals surface area (Å²) in [6, 6.07) is 7.60. The van der Waals surface area contributed by atoms with Crippen LogP contribution < -0.4 is 0 Å². The first kappa shape index (κ1) is 11.6. The first-order chi connectivity index (χ1) is 6.63. The van der Waals surface area contributed by atoms with E-state index in [-0.39, 0.29) is 5.76 Å². The molecule has 0 fully saturated rings. The van der Waals surface area contributed by atoms with E-state index in [9.17, 15) is 5.11 Å². The Morgan fingerprint density at radius 2 is 2.00 bits per heavy atom. The Bertz CT molecular complexity index is 354. The third-order valence-corrected chi connectivity index (χ3v) is 2.64. The van der Waals surface area contributed by atoms with Gasteiger partial charge in [-0.05, 0) is 18.4 Å². The molecule has 0 spiro atoms. The molecule has 1 nitrogen and oxygen atoms in total. The molecular weight excluding hydrogens is 232 g/mol. The molecule has 0 saturated heterocycles. The number of benzene rings is 1. The van der Waals surface area contributed by atoms with Crippen molar-refractivity contribution in [3.05, 3.63) is 35.9 Å². The van der Waals surface area contributed by atoms with Gasteiger partial charge in [-0.3, -0.25) is 0 Å². The molecule has 4 heteroatoms. The van der Waals surface area contributed by atoms with Gasteiger partial charge in [-0.1, -0.05) is 24.4 Å². The van der Waals surface area contributed by atoms with Crippen LogP contribution in [0.5, 0.6) is 0 Å². The summed E-state index contributed by atoms with van der Waals surface area (Å²) < 4.78 is 0.372. The molecule has 1 N–H and O–H groups in total. The first-order valence-electron chi connectivity index (χ1n) is 3.91. The number of hydrogen-bond donors (Lipinski definition) is 2. The third kappa shape index (κ3) is 3.36. The molecule has 74 valence electrons. The van der Waals surface area contributed by atoms with E-state index in [1.807, 2.05) is 30.5 Å². The van der Waals surface area contributed by atoms with Gasteiger partial charge in [0.25, 0.3) is 0 Å². The molecule has 1 aromatic carbocycles. The Labute approximate surface area is 98.6 Å². The highest BCUT2D eigenvalue weighted by molar-refractivity contribution is 8.11. The van der Waals surface area contributed by atoms with Crippen molar-refractivity contribution < 1.29 is 5.11 Å². The molecule has 0 saturated carbocycles. The first-order valence-corrected chi connectivity index (χ1v) is 5.99. The number of hydrogen-bond acceptors (Lipinski definition) is 3. The lowest BCUT2D eigenvalue weighted by Crippen LogP contribution is -1.85. The van der Waals surface area contributed by atoms with Crippen LogP contribution in [-0.4, -0.2) is 15.6 Å². The zero-order valence-corrected chi connectivity index (χ0v) is 10.1. The summed E-state index contributed by atoms with van der Waals surface area (Å²) in [7, 11) is 0. The number of rotatable bonds is 3. The number of thiol groups is 1. The van der Waals surface area contributed by atoms with Crippen LogP contribution in [0, 0.1) is 0 Å². The van der Waals surface area contributed by atoms with E-state index in [2.05, 4.69) is 12.6 Å². The predicted octanol–water partition coefficient (Wildman–Crippen LogP) is 3.56. The Balaban J connectivity index is 2.92. The molecule has 0 aliphatic rings. The lowest BCUT2D eigenvalue weighted by atomic mass is 10.2. The van der Waals surface area contributed by atoms with E-state index in [4.69, 9.17) is 12.2 Å². The van der Waals surface area contributed by atoms with E-state index in [0.717, 1.165) is 10.5 Å². The van der Waals surface area contributed by atoms with Crippen molar-refractivity contribution in [1.29, 1.82) is 0 Å². The monoisotopic (exact) mass is 242 g/mol. The summed E-state index contributed by atoms with van der Waals surface area (Å²) >= 11 is 10.3. The standard InChI is InChI=1S/C10H10OS3/c1-14-8-4-2-7(3-5-8)9(11)6-10(12)13/h2-6,11H,1H3,(H,12,13)/b9-6-. The fourth-order valence-corrected chi connectivity index (χ4v) is 1.60. The molecular formula is C10H10OS3. The van der Waals surface area contributed by atoms with Gasteiger partial charge in [0.15, 0.2) is 0 Å². The van der Waals surface area contributed by atoms with Crippen molar-refractivity contribution in [2.24, 2.45) is 0 Å². The smallest absolute Gasteiger partial charge is 0.124 e. The summed E-state index contributed by atoms with van der Waals surface area (Å²) in [4.78, 5) is 1.16. The van der Waals surface area contributed by atoms with Gasteiger partial charge in [0.2, 0.25) is 0 Å². The zero-order valence-electron chi connectivity index (χ0n) is 7.60. The minimum atomic E-state index is 0.151. The highest BCUT2D eigenvalue weighted by Crippen LogP contribution is 2.18. The molecule has 0 radical (unpaired) electrons. The average molecular weight is 242 g/mol. The lowest BCUT2D eigenvalue weighted by molar-refractivity contribution is 0.512. The van der Waals surface area contributed by atoms with Crippen LogP contribution in [-0.2, 0) is 0 Å². The van der Waals surface area contributed by atoms with Crippen LogP contribution in [0.15, 0.2) is 35.2 Å². The second kappa shape index (κ2) is 5.44. The minimum Gasteiger partial charge on any atom is -0.507 e. The van der Waals surface area contributed by atoms with Crippen molar-refractivity contribution >= 4 is 46.6 Å². The summed E-state index contributed by atoms with van der Waals surface area (Å²) in [5.74, 6) is 0.151. The number of thiocarbonyl (C=S) groups is 1. The summed E-state index contributed by atoms with van der Waals surface area (Å²) in [5, 5.41) is 9.57. The molecule has 1 aromatic rings. The molecule has 14 heavy (non-hydrogen) atoms. The van der Waals surface area contributed by atoms with Crippen LogP contribution in [0.2, 0.25) is 0 Å². The van der Waals surface area contributed by atoms with Gasteiger partial charge in [-0.25, -0.2) is 0 Å². The fourth-order valence-electron chi connectivity index (χ4n) is 0.962. The fraction of sp³-hybridized carbons (Fsp3) is 0.100. The SMILES string of the molecule is CSc1ccc(/C(O)=C/C(=S)S)cc1. The molecule has 0 amide bonds. The van der Waals surface area contributed by atoms with Crippen molar-refractivity contribution in [3.63, 3.8) is 0 Å². The van der Waals surface area contributed by atoms with Gasteiger partial charge in [0, 0.05) is 16.5 Å². The van der Waals surface area contributed by atoms with Crippen molar-refractivity contribution in [1.82, 2.24) is 0 Å². The maximum absolute atomic E-state index is 9.57. The van der Waals surface area contributed by atoms with E-state index >= 15 is 0 Å². The summed E-state index contributed by atoms with van der Waals surface area (Å²) in [6.07, 6.45) is 3.46. The Morgan fingerprint density at radius 1 is 1.43 bits per heavy atom. The maximum atomic E-state index is 9.57. The highest BCUT2D eigenvalue weighted by atomic mass is 32.2. The molecule has 0 aliphatic heterocycles. The Kier molecular flexibility index (Phi) is 4.51. The van der Waals surface area contributed by atoms with Crippen molar-refractivity contribution in [2.45, 2.75) is 4.90 Å². The van der Waals surface area contributed by atoms with E-state index in [0.29, 0.717) is 4.20 Å². The van der Waals surface area contributed by atoms with Crippen LogP contribution in [0.4, 0.5) is 0 Å². The topological polar surface area (TPSA) is 20.2 Å². The molecule has 0 unspecified atom stereocenters. The average Bonchev–Trinajstić information content (AvgIpc) is 2.17. The maximum Gasteiger partial charge on any atom is 0.124 e. The van der Waals surface area contributed by atoms with E-state index < -0.39 is 0 Å². The number of aliphatic hydroxyl groups excluding tert-OH is 1. The number of aliphatic hydroxyl groups is 1. The molecule has 0 aromatic heterocycles. The predicted molar refractivity (Wildman–Crippen MR) is 70.4 cm³/mol. The van der Waals surface area contributed by atoms with Crippen LogP contribution in [0.25, 0.3) is 5.76 Å². The molecule has 1 rings (SSSR count). The van der Waals surface area contributed by atoms with Gasteiger partial charge in [0.1, 0.15) is 5.76 Å². The highest BCUT2D eigenvalue weighted by Gasteiger charge is 1.98. The molecule has 0 bridgehead atoms. The molecule has 0 heterocycles. The quantitative estimate of drug-likeness (QED) is 0.278. The second-order valence-electron chi connectivity index (χ2n) is 2.60. The van der Waals surface area contributed by atoms with E-state index in [1.165, 1.54) is 6.08 Å². The third-order valence-electron chi connectivity index (χ3n) is 1.65. The van der Waals surface area contributed by atoms with E-state index in [1.54, 1.807) is 11.8 Å². The van der Waals surface area contributed by atoms with Gasteiger partial charge < -0.3 is 5.11 Å². The molecule has 0 atom stereocenters. The Morgan fingerprint density at radius 3 is 2.43 bits per heavy atom. The van der Waals surface area contributed by atoms with Gasteiger partial charge in [-0.2, -0.15) is 0 Å². The zero-order chi connectivity index (χ0) is 10.6. The van der Waals surface area contributed by atoms with Crippen molar-refractivity contribution in [3.8, 4) is 0 Å². The van der Waals surface area contributed by atoms with Crippen LogP contribution in [0.3, 0.4) is 0 Å². The molecule has 0 aliphatic carbocycles. The summed E-state index contributed by atoms with van der Waals surface area (Å²) in [6.45, 7) is 0. The van der Waals surface area contributed by atoms with Crippen molar-refractivity contribution in [2.75, 3.05) is 6.26 Å². The Hall–Kier alpha value is -0.450. The van der Waals surface area contributed by atoms with Gasteiger partial charge >= 0.3 is 0 Å². The van der Waals surface area contributed by atoms with Gasteiger partial charge in [0.05, 0.1) is 4.20 Å². The largest absolute Gasteiger partial charge is 0.507 e. The normalized spacial score (nSPS) is 11.4. The summed E-state index contributed by atoms with van der Waals surface area (Å²) in [5.41, 5.74) is 0.749. The number of thioether (sulfide) groups is 1. The minimum absolute atomic E-state index is 0.151. The van der Waals surface area contributed by atoms with Crippen LogP contribution >= 0.6 is 36.6 Å².